The molecule has 2 aromatic rings. The lowest BCUT2D eigenvalue weighted by Crippen LogP contribution is -2.32. The number of anilines is 1. The molecule has 0 saturated carbocycles. The van der Waals surface area contributed by atoms with E-state index in [1.165, 1.54) is 6.07 Å². The van der Waals surface area contributed by atoms with Crippen molar-refractivity contribution in [2.45, 2.75) is 38.8 Å². The van der Waals surface area contributed by atoms with Gasteiger partial charge in [0.25, 0.3) is 5.69 Å². The topological polar surface area (TPSA) is 111 Å². The molecule has 0 fully saturated rings. The van der Waals surface area contributed by atoms with E-state index in [2.05, 4.69) is 10.6 Å². The maximum Gasteiger partial charge on any atom is 0.308 e. The summed E-state index contributed by atoms with van der Waals surface area (Å²) in [5.41, 5.74) is 1.10. The number of nitro groups is 1. The molecule has 8 nitrogen and oxygen atoms in total. The smallest absolute Gasteiger partial charge is 0.308 e. The van der Waals surface area contributed by atoms with E-state index in [4.69, 9.17) is 4.74 Å². The zero-order valence-electron chi connectivity index (χ0n) is 16.5. The van der Waals surface area contributed by atoms with E-state index in [0.29, 0.717) is 5.69 Å². The van der Waals surface area contributed by atoms with Crippen molar-refractivity contribution < 1.29 is 19.2 Å². The number of para-hydroxylation sites is 2. The van der Waals surface area contributed by atoms with Gasteiger partial charge in [0.1, 0.15) is 5.69 Å². The minimum absolute atomic E-state index is 0.0194. The maximum atomic E-state index is 12.4. The third-order valence-corrected chi connectivity index (χ3v) is 4.04. The molecule has 1 unspecified atom stereocenters. The molecule has 2 aromatic carbocycles. The minimum atomic E-state index is -0.513. The summed E-state index contributed by atoms with van der Waals surface area (Å²) in [6, 6.07) is 14.9. The zero-order chi connectivity index (χ0) is 21.2. The van der Waals surface area contributed by atoms with Crippen molar-refractivity contribution in [3.8, 4) is 0 Å². The van der Waals surface area contributed by atoms with E-state index < -0.39 is 16.9 Å². The van der Waals surface area contributed by atoms with Crippen molar-refractivity contribution in [2.75, 3.05) is 11.9 Å². The molecule has 0 aromatic heterocycles. The third kappa shape index (κ3) is 7.25. The molecule has 1 amide bonds. The Labute approximate surface area is 169 Å². The Morgan fingerprint density at radius 1 is 1.07 bits per heavy atom. The number of nitro benzene ring substituents is 1. The maximum absolute atomic E-state index is 12.4. The summed E-state index contributed by atoms with van der Waals surface area (Å²) < 4.78 is 5.19. The average Bonchev–Trinajstić information content (AvgIpc) is 2.68. The quantitative estimate of drug-likeness (QED) is 0.359. The molecule has 0 aliphatic carbocycles. The van der Waals surface area contributed by atoms with Crippen LogP contribution in [0.4, 0.5) is 11.4 Å². The Morgan fingerprint density at radius 2 is 1.72 bits per heavy atom. The first kappa shape index (κ1) is 21.9. The van der Waals surface area contributed by atoms with Gasteiger partial charge in [0.15, 0.2) is 0 Å². The predicted molar refractivity (Wildman–Crippen MR) is 109 cm³/mol. The van der Waals surface area contributed by atoms with E-state index in [1.54, 1.807) is 32.0 Å². The number of carbonyl (C=O) groups excluding carboxylic acids is 2. The number of amides is 1. The van der Waals surface area contributed by atoms with Crippen LogP contribution in [-0.2, 0) is 14.3 Å². The standard InChI is InChI=1S/C21H25N3O5/c1-15(2)29-21(26)14-18(16-8-4-3-5-9-16)23-20(25)12-13-22-17-10-6-7-11-19(17)24(27)28/h3-11,15,18,22H,12-14H2,1-2H3,(H,23,25). The molecular formula is C21H25N3O5. The summed E-state index contributed by atoms with van der Waals surface area (Å²) in [6.07, 6.45) is -0.124. The number of nitrogens with one attached hydrogen (secondary N) is 2. The molecule has 0 bridgehead atoms. The lowest BCUT2D eigenvalue weighted by molar-refractivity contribution is -0.384. The second kappa shape index (κ2) is 10.8. The van der Waals surface area contributed by atoms with Gasteiger partial charge in [-0.25, -0.2) is 0 Å². The van der Waals surface area contributed by atoms with Crippen LogP contribution in [-0.4, -0.2) is 29.4 Å². The summed E-state index contributed by atoms with van der Waals surface area (Å²) in [5.74, 6) is -0.672. The molecular weight excluding hydrogens is 374 g/mol. The number of ether oxygens (including phenoxy) is 1. The van der Waals surface area contributed by atoms with Crippen molar-refractivity contribution in [1.82, 2.24) is 5.32 Å². The molecule has 0 heterocycles. The van der Waals surface area contributed by atoms with Gasteiger partial charge in [0.2, 0.25) is 5.91 Å². The summed E-state index contributed by atoms with van der Waals surface area (Å²) in [4.78, 5) is 35.0. The van der Waals surface area contributed by atoms with Crippen molar-refractivity contribution in [3.63, 3.8) is 0 Å². The van der Waals surface area contributed by atoms with Crippen LogP contribution in [0.3, 0.4) is 0 Å². The molecule has 0 spiro atoms. The van der Waals surface area contributed by atoms with E-state index in [-0.39, 0.29) is 37.1 Å². The minimum Gasteiger partial charge on any atom is -0.463 e. The van der Waals surface area contributed by atoms with Crippen LogP contribution in [0, 0.1) is 10.1 Å². The van der Waals surface area contributed by atoms with Gasteiger partial charge < -0.3 is 15.4 Å². The third-order valence-electron chi connectivity index (χ3n) is 4.04. The normalized spacial score (nSPS) is 11.6. The Kier molecular flexibility index (Phi) is 8.14. The molecule has 0 aliphatic heterocycles. The van der Waals surface area contributed by atoms with Crippen LogP contribution in [0.1, 0.15) is 38.3 Å². The highest BCUT2D eigenvalue weighted by atomic mass is 16.6. The first-order valence-electron chi connectivity index (χ1n) is 9.38. The summed E-state index contributed by atoms with van der Waals surface area (Å²) in [6.45, 7) is 3.75. The van der Waals surface area contributed by atoms with Gasteiger partial charge >= 0.3 is 5.97 Å². The summed E-state index contributed by atoms with van der Waals surface area (Å²) in [5, 5.41) is 16.8. The molecule has 8 heteroatoms. The number of hydrogen-bond acceptors (Lipinski definition) is 6. The Hall–Kier alpha value is -3.42. The molecule has 2 rings (SSSR count). The van der Waals surface area contributed by atoms with Gasteiger partial charge in [-0.1, -0.05) is 42.5 Å². The van der Waals surface area contributed by atoms with Gasteiger partial charge in [-0.15, -0.1) is 0 Å². The van der Waals surface area contributed by atoms with Crippen molar-refractivity contribution in [2.24, 2.45) is 0 Å². The highest BCUT2D eigenvalue weighted by Crippen LogP contribution is 2.23. The highest BCUT2D eigenvalue weighted by molar-refractivity contribution is 5.78. The van der Waals surface area contributed by atoms with E-state index in [9.17, 15) is 19.7 Å². The average molecular weight is 399 g/mol. The number of hydrogen-bond donors (Lipinski definition) is 2. The van der Waals surface area contributed by atoms with Gasteiger partial charge in [-0.3, -0.25) is 19.7 Å². The second-order valence-electron chi connectivity index (χ2n) is 6.72. The number of benzene rings is 2. The molecule has 29 heavy (non-hydrogen) atoms. The lowest BCUT2D eigenvalue weighted by Gasteiger charge is -2.19. The van der Waals surface area contributed by atoms with E-state index in [1.807, 2.05) is 30.3 Å². The lowest BCUT2D eigenvalue weighted by atomic mass is 10.0. The van der Waals surface area contributed by atoms with Crippen LogP contribution in [0.15, 0.2) is 54.6 Å². The first-order valence-corrected chi connectivity index (χ1v) is 9.38. The Bertz CT molecular complexity index is 839. The number of rotatable bonds is 10. The van der Waals surface area contributed by atoms with Gasteiger partial charge in [0.05, 0.1) is 23.5 Å². The van der Waals surface area contributed by atoms with Crippen LogP contribution in [0.25, 0.3) is 0 Å². The van der Waals surface area contributed by atoms with Crippen molar-refractivity contribution >= 4 is 23.3 Å². The van der Waals surface area contributed by atoms with E-state index >= 15 is 0 Å². The summed E-state index contributed by atoms with van der Waals surface area (Å²) in [7, 11) is 0. The van der Waals surface area contributed by atoms with Crippen molar-refractivity contribution in [3.05, 3.63) is 70.3 Å². The van der Waals surface area contributed by atoms with Gasteiger partial charge in [-0.05, 0) is 25.5 Å². The molecule has 2 N–H and O–H groups in total. The fraction of sp³-hybridized carbons (Fsp3) is 0.333. The predicted octanol–water partition coefficient (Wildman–Crippen LogP) is 3.60. The molecule has 0 aliphatic rings. The molecule has 154 valence electrons. The van der Waals surface area contributed by atoms with Crippen LogP contribution < -0.4 is 10.6 Å². The second-order valence-corrected chi connectivity index (χ2v) is 6.72. The summed E-state index contributed by atoms with van der Waals surface area (Å²) >= 11 is 0. The Balaban J connectivity index is 1.95. The van der Waals surface area contributed by atoms with Crippen LogP contribution >= 0.6 is 0 Å². The highest BCUT2D eigenvalue weighted by Gasteiger charge is 2.20. The van der Waals surface area contributed by atoms with Crippen molar-refractivity contribution in [1.29, 1.82) is 0 Å². The van der Waals surface area contributed by atoms with E-state index in [0.717, 1.165) is 5.56 Å². The number of esters is 1. The van der Waals surface area contributed by atoms with Gasteiger partial charge in [-0.2, -0.15) is 0 Å². The van der Waals surface area contributed by atoms with Crippen LogP contribution in [0.5, 0.6) is 0 Å². The first-order chi connectivity index (χ1) is 13.9. The zero-order valence-corrected chi connectivity index (χ0v) is 16.5. The largest absolute Gasteiger partial charge is 0.463 e. The molecule has 0 saturated heterocycles. The molecule has 0 radical (unpaired) electrons. The SMILES string of the molecule is CC(C)OC(=O)CC(NC(=O)CCNc1ccccc1[N+](=O)[O-])c1ccccc1. The fourth-order valence-corrected chi connectivity index (χ4v) is 2.77. The molecule has 1 atom stereocenters. The number of nitrogens with zero attached hydrogens (tertiary/aromatic N) is 1. The van der Waals surface area contributed by atoms with Gasteiger partial charge in [0, 0.05) is 19.0 Å². The number of carbonyl (C=O) groups is 2. The Morgan fingerprint density at radius 3 is 2.38 bits per heavy atom. The fourth-order valence-electron chi connectivity index (χ4n) is 2.77. The van der Waals surface area contributed by atoms with Crippen LogP contribution in [0.2, 0.25) is 0 Å². The monoisotopic (exact) mass is 399 g/mol.